The number of carbonyl (C=O) groups is 1. The van der Waals surface area contributed by atoms with Gasteiger partial charge in [0, 0.05) is 31.8 Å². The average Bonchev–Trinajstić information content (AvgIpc) is 3.03. The van der Waals surface area contributed by atoms with Crippen molar-refractivity contribution in [2.24, 2.45) is 5.92 Å². The summed E-state index contributed by atoms with van der Waals surface area (Å²) >= 11 is 6.06. The molecule has 3 rings (SSSR count). The number of hydrogen-bond donors (Lipinski definition) is 1. The molecule has 6 nitrogen and oxygen atoms in total. The van der Waals surface area contributed by atoms with Crippen LogP contribution in [0.2, 0.25) is 5.02 Å². The molecule has 2 fully saturated rings. The maximum Gasteiger partial charge on any atom is 0.253 e. The van der Waals surface area contributed by atoms with Crippen LogP contribution in [-0.2, 0) is 14.8 Å². The number of ether oxygens (including phenoxy) is 1. The van der Waals surface area contributed by atoms with Gasteiger partial charge in [-0.1, -0.05) is 18.5 Å². The highest BCUT2D eigenvalue weighted by atomic mass is 35.5. The van der Waals surface area contributed by atoms with Gasteiger partial charge in [0.1, 0.15) is 4.90 Å². The normalized spacial score (nSPS) is 21.8. The van der Waals surface area contributed by atoms with E-state index in [1.54, 1.807) is 11.0 Å². The number of halogens is 1. The summed E-state index contributed by atoms with van der Waals surface area (Å²) in [6, 6.07) is 4.37. The summed E-state index contributed by atoms with van der Waals surface area (Å²) in [5.41, 5.74) is 0.337. The highest BCUT2D eigenvalue weighted by molar-refractivity contribution is 7.89. The van der Waals surface area contributed by atoms with Crippen LogP contribution in [-0.4, -0.2) is 51.6 Å². The Balaban J connectivity index is 1.76. The summed E-state index contributed by atoms with van der Waals surface area (Å²) in [7, 11) is -3.79. The summed E-state index contributed by atoms with van der Waals surface area (Å²) in [5, 5.41) is 0.100. The van der Waals surface area contributed by atoms with Gasteiger partial charge in [0.05, 0.1) is 11.1 Å². The number of rotatable bonds is 5. The molecule has 0 radical (unpaired) electrons. The Kier molecular flexibility index (Phi) is 5.15. The first-order valence-corrected chi connectivity index (χ1v) is 9.93. The van der Waals surface area contributed by atoms with Crippen molar-refractivity contribution < 1.29 is 17.9 Å². The van der Waals surface area contributed by atoms with Gasteiger partial charge in [0.2, 0.25) is 10.0 Å². The largest absolute Gasteiger partial charge is 0.377 e. The molecule has 8 heteroatoms. The summed E-state index contributed by atoms with van der Waals surface area (Å²) in [5.74, 6) is 0.317. The van der Waals surface area contributed by atoms with Crippen molar-refractivity contribution in [2.45, 2.75) is 30.8 Å². The second-order valence-corrected chi connectivity index (χ2v) is 8.59. The van der Waals surface area contributed by atoms with Crippen LogP contribution in [0.1, 0.15) is 30.1 Å². The molecule has 2 heterocycles. The van der Waals surface area contributed by atoms with Gasteiger partial charge in [0.15, 0.2) is 0 Å². The third-order valence-electron chi connectivity index (χ3n) is 4.34. The molecule has 2 aliphatic heterocycles. The minimum atomic E-state index is -3.79. The van der Waals surface area contributed by atoms with E-state index < -0.39 is 10.0 Å². The molecule has 1 aromatic carbocycles. The van der Waals surface area contributed by atoms with Crippen molar-refractivity contribution in [2.75, 3.05) is 26.2 Å². The van der Waals surface area contributed by atoms with E-state index in [9.17, 15) is 13.2 Å². The van der Waals surface area contributed by atoms with Gasteiger partial charge in [-0.15, -0.1) is 0 Å². The maximum absolute atomic E-state index is 12.5. The van der Waals surface area contributed by atoms with Crippen molar-refractivity contribution in [3.8, 4) is 0 Å². The molecule has 2 aliphatic rings. The number of nitrogens with zero attached hydrogens (tertiary/aromatic N) is 1. The first-order chi connectivity index (χ1) is 11.4. The number of amides is 1. The van der Waals surface area contributed by atoms with Gasteiger partial charge in [-0.05, 0) is 37.0 Å². The minimum Gasteiger partial charge on any atom is -0.377 e. The lowest BCUT2D eigenvalue weighted by Crippen LogP contribution is -2.48. The van der Waals surface area contributed by atoms with Crippen molar-refractivity contribution in [3.05, 3.63) is 28.8 Å². The fourth-order valence-electron chi connectivity index (χ4n) is 2.98. The molecule has 0 bridgehead atoms. The fraction of sp³-hybridized carbons (Fsp3) is 0.562. The van der Waals surface area contributed by atoms with Crippen LogP contribution in [0, 0.1) is 5.92 Å². The third kappa shape index (κ3) is 3.74. The summed E-state index contributed by atoms with van der Waals surface area (Å²) in [4.78, 5) is 14.0. The standard InChI is InChI=1S/C16H21ClN2O4S/c1-11-9-19(10-11)16(20)12-4-5-14(17)15(7-12)24(21,22)18-8-13-3-2-6-23-13/h4-5,7,11,13,18H,2-3,6,8-10H2,1H3. The van der Waals surface area contributed by atoms with Crippen LogP contribution in [0.4, 0.5) is 0 Å². The average molecular weight is 373 g/mol. The molecule has 1 atom stereocenters. The van der Waals surface area contributed by atoms with E-state index in [1.165, 1.54) is 12.1 Å². The predicted octanol–water partition coefficient (Wildman–Crippen LogP) is 1.89. The molecule has 0 spiro atoms. The van der Waals surface area contributed by atoms with Gasteiger partial charge in [-0.25, -0.2) is 13.1 Å². The SMILES string of the molecule is CC1CN(C(=O)c2ccc(Cl)c(S(=O)(=O)NCC3CCCO3)c2)C1. The first-order valence-electron chi connectivity index (χ1n) is 8.07. The molecule has 0 aromatic heterocycles. The number of benzene rings is 1. The van der Waals surface area contributed by atoms with E-state index in [-0.39, 0.29) is 28.5 Å². The predicted molar refractivity (Wildman–Crippen MR) is 90.7 cm³/mol. The van der Waals surface area contributed by atoms with Gasteiger partial charge < -0.3 is 9.64 Å². The van der Waals surface area contributed by atoms with Crippen LogP contribution in [0.25, 0.3) is 0 Å². The van der Waals surface area contributed by atoms with Crippen LogP contribution in [0.3, 0.4) is 0 Å². The topological polar surface area (TPSA) is 75.7 Å². The Hall–Kier alpha value is -1.15. The molecule has 2 saturated heterocycles. The monoisotopic (exact) mass is 372 g/mol. The van der Waals surface area contributed by atoms with Gasteiger partial charge >= 0.3 is 0 Å². The molecule has 1 amide bonds. The maximum atomic E-state index is 12.5. The third-order valence-corrected chi connectivity index (χ3v) is 6.25. The Morgan fingerprint density at radius 3 is 2.79 bits per heavy atom. The van der Waals surface area contributed by atoms with E-state index in [2.05, 4.69) is 11.6 Å². The second kappa shape index (κ2) is 7.00. The molecule has 1 unspecified atom stereocenters. The van der Waals surface area contributed by atoms with Gasteiger partial charge in [0.25, 0.3) is 5.91 Å². The molecular formula is C16H21ClN2O4S. The number of nitrogens with one attached hydrogen (secondary N) is 1. The van der Waals surface area contributed by atoms with Crippen LogP contribution in [0.15, 0.2) is 23.1 Å². The second-order valence-electron chi connectivity index (χ2n) is 6.45. The summed E-state index contributed by atoms with van der Waals surface area (Å²) < 4.78 is 33.0. The smallest absolute Gasteiger partial charge is 0.253 e. The number of likely N-dealkylation sites (tertiary alicyclic amines) is 1. The summed E-state index contributed by atoms with van der Waals surface area (Å²) in [6.45, 7) is 4.32. The molecule has 132 valence electrons. The van der Waals surface area contributed by atoms with Crippen LogP contribution in [0.5, 0.6) is 0 Å². The Bertz CT molecular complexity index is 726. The van der Waals surface area contributed by atoms with Crippen molar-refractivity contribution in [3.63, 3.8) is 0 Å². The Morgan fingerprint density at radius 1 is 1.42 bits per heavy atom. The lowest BCUT2D eigenvalue weighted by molar-refractivity contribution is 0.0530. The number of carbonyl (C=O) groups excluding carboxylic acids is 1. The van der Waals surface area contributed by atoms with E-state index in [0.717, 1.165) is 12.8 Å². The van der Waals surface area contributed by atoms with E-state index in [0.29, 0.717) is 31.2 Å². The Labute approximate surface area is 147 Å². The quantitative estimate of drug-likeness (QED) is 0.856. The van der Waals surface area contributed by atoms with Crippen LogP contribution < -0.4 is 4.72 Å². The zero-order chi connectivity index (χ0) is 17.3. The first kappa shape index (κ1) is 17.7. The fourth-order valence-corrected chi connectivity index (χ4v) is 4.57. The number of hydrogen-bond acceptors (Lipinski definition) is 4. The summed E-state index contributed by atoms with van der Waals surface area (Å²) in [6.07, 6.45) is 1.67. The minimum absolute atomic E-state index is 0.0680. The van der Waals surface area contributed by atoms with Crippen molar-refractivity contribution >= 4 is 27.5 Å². The molecule has 0 saturated carbocycles. The lowest BCUT2D eigenvalue weighted by atomic mass is 10.0. The van der Waals surface area contributed by atoms with Crippen molar-refractivity contribution in [1.82, 2.24) is 9.62 Å². The lowest BCUT2D eigenvalue weighted by Gasteiger charge is -2.37. The van der Waals surface area contributed by atoms with Crippen LogP contribution >= 0.6 is 11.6 Å². The molecule has 1 N–H and O–H groups in total. The molecular weight excluding hydrogens is 352 g/mol. The zero-order valence-corrected chi connectivity index (χ0v) is 15.1. The van der Waals surface area contributed by atoms with Gasteiger partial charge in [-0.2, -0.15) is 0 Å². The van der Waals surface area contributed by atoms with E-state index in [4.69, 9.17) is 16.3 Å². The van der Waals surface area contributed by atoms with Gasteiger partial charge in [-0.3, -0.25) is 4.79 Å². The molecule has 0 aliphatic carbocycles. The highest BCUT2D eigenvalue weighted by Gasteiger charge is 2.29. The van der Waals surface area contributed by atoms with E-state index >= 15 is 0 Å². The molecule has 24 heavy (non-hydrogen) atoms. The number of sulfonamides is 1. The Morgan fingerprint density at radius 2 is 2.17 bits per heavy atom. The molecule has 1 aromatic rings. The zero-order valence-electron chi connectivity index (χ0n) is 13.5. The van der Waals surface area contributed by atoms with Crippen molar-refractivity contribution in [1.29, 1.82) is 0 Å². The van der Waals surface area contributed by atoms with E-state index in [1.807, 2.05) is 0 Å². The highest BCUT2D eigenvalue weighted by Crippen LogP contribution is 2.25.